The number of nitrogens with zero attached hydrogens (tertiary/aromatic N) is 4. The lowest BCUT2D eigenvalue weighted by molar-refractivity contribution is -0.0689. The van der Waals surface area contributed by atoms with Crippen molar-refractivity contribution in [2.45, 2.75) is 44.9 Å². The monoisotopic (exact) mass is 300 g/mol. The average Bonchev–Trinajstić information content (AvgIpc) is 2.94. The second kappa shape index (κ2) is 6.64. The van der Waals surface area contributed by atoms with Crippen LogP contribution in [0.1, 0.15) is 32.4 Å². The van der Waals surface area contributed by atoms with E-state index in [9.17, 15) is 0 Å². The van der Waals surface area contributed by atoms with E-state index in [4.69, 9.17) is 10.00 Å². The number of ether oxygens (including phenoxy) is 1. The van der Waals surface area contributed by atoms with Gasteiger partial charge < -0.3 is 9.64 Å². The lowest BCUT2D eigenvalue weighted by Crippen LogP contribution is -2.50. The molecule has 0 unspecified atom stereocenters. The zero-order valence-corrected chi connectivity index (χ0v) is 13.4. The van der Waals surface area contributed by atoms with Gasteiger partial charge in [0, 0.05) is 32.2 Å². The molecule has 22 heavy (non-hydrogen) atoms. The number of hydrogen-bond acceptors (Lipinski definition) is 5. The molecule has 2 saturated heterocycles. The van der Waals surface area contributed by atoms with Crippen LogP contribution in [0, 0.1) is 11.3 Å². The molecule has 0 N–H and O–H groups in total. The number of rotatable bonds is 3. The molecule has 0 bridgehead atoms. The number of pyridine rings is 1. The minimum atomic E-state index is 0.304. The molecule has 3 rings (SSSR count). The van der Waals surface area contributed by atoms with Crippen LogP contribution in [0.25, 0.3) is 0 Å². The van der Waals surface area contributed by atoms with Gasteiger partial charge in [0.1, 0.15) is 17.6 Å². The number of morpholine rings is 1. The van der Waals surface area contributed by atoms with Gasteiger partial charge in [-0.15, -0.1) is 0 Å². The fourth-order valence-corrected chi connectivity index (χ4v) is 3.70. The Kier molecular flexibility index (Phi) is 4.60. The van der Waals surface area contributed by atoms with E-state index < -0.39 is 0 Å². The van der Waals surface area contributed by atoms with Gasteiger partial charge in [-0.2, -0.15) is 5.26 Å². The lowest BCUT2D eigenvalue weighted by Gasteiger charge is -2.38. The summed E-state index contributed by atoms with van der Waals surface area (Å²) in [5.74, 6) is 0.941. The van der Waals surface area contributed by atoms with Crippen molar-refractivity contribution in [2.24, 2.45) is 0 Å². The van der Waals surface area contributed by atoms with Crippen molar-refractivity contribution in [1.82, 2.24) is 9.88 Å². The van der Waals surface area contributed by atoms with Crippen molar-refractivity contribution in [3.05, 3.63) is 23.9 Å². The Bertz CT molecular complexity index is 546. The summed E-state index contributed by atoms with van der Waals surface area (Å²) < 4.78 is 5.82. The topological polar surface area (TPSA) is 52.4 Å². The summed E-state index contributed by atoms with van der Waals surface area (Å²) in [4.78, 5) is 9.34. The molecule has 2 aliphatic heterocycles. The van der Waals surface area contributed by atoms with Gasteiger partial charge in [-0.25, -0.2) is 4.98 Å². The van der Waals surface area contributed by atoms with E-state index in [0.29, 0.717) is 23.9 Å². The molecule has 1 aromatic heterocycles. The third-order valence-corrected chi connectivity index (χ3v) is 4.48. The molecule has 0 aliphatic carbocycles. The molecule has 0 aromatic carbocycles. The maximum absolute atomic E-state index is 9.04. The molecule has 3 heterocycles. The first-order valence-corrected chi connectivity index (χ1v) is 8.17. The zero-order chi connectivity index (χ0) is 15.5. The maximum atomic E-state index is 9.04. The third-order valence-electron chi connectivity index (χ3n) is 4.48. The highest BCUT2D eigenvalue weighted by Crippen LogP contribution is 2.25. The SMILES string of the molecule is C[C@@H]1CN(C[C@@H]2CCCN2c2cccc(C#N)n2)C[C@@H](C)O1. The predicted octanol–water partition coefficient (Wildman–Crippen LogP) is 2.03. The Labute approximate surface area is 132 Å². The summed E-state index contributed by atoms with van der Waals surface area (Å²) in [6.07, 6.45) is 2.99. The second-order valence-electron chi connectivity index (χ2n) is 6.46. The molecule has 3 atom stereocenters. The molecule has 0 radical (unpaired) electrons. The minimum absolute atomic E-state index is 0.304. The summed E-state index contributed by atoms with van der Waals surface area (Å²) >= 11 is 0. The number of aromatic nitrogens is 1. The Morgan fingerprint density at radius 2 is 2.09 bits per heavy atom. The molecular formula is C17H24N4O. The van der Waals surface area contributed by atoms with Crippen LogP contribution < -0.4 is 4.90 Å². The van der Waals surface area contributed by atoms with Crippen molar-refractivity contribution in [3.8, 4) is 6.07 Å². The first-order chi connectivity index (χ1) is 10.7. The van der Waals surface area contributed by atoms with Crippen LogP contribution in [0.15, 0.2) is 18.2 Å². The summed E-state index contributed by atoms with van der Waals surface area (Å²) in [6, 6.07) is 8.33. The predicted molar refractivity (Wildman–Crippen MR) is 85.8 cm³/mol. The van der Waals surface area contributed by atoms with Crippen molar-refractivity contribution >= 4 is 5.82 Å². The van der Waals surface area contributed by atoms with Crippen molar-refractivity contribution in [2.75, 3.05) is 31.1 Å². The molecule has 0 saturated carbocycles. The van der Waals surface area contributed by atoms with Gasteiger partial charge in [-0.3, -0.25) is 4.90 Å². The quantitative estimate of drug-likeness (QED) is 0.855. The van der Waals surface area contributed by atoms with E-state index in [1.165, 1.54) is 12.8 Å². The Morgan fingerprint density at radius 1 is 1.32 bits per heavy atom. The van der Waals surface area contributed by atoms with Crippen molar-refractivity contribution in [3.63, 3.8) is 0 Å². The van der Waals surface area contributed by atoms with Gasteiger partial charge in [0.05, 0.1) is 12.2 Å². The highest BCUT2D eigenvalue weighted by atomic mass is 16.5. The first kappa shape index (κ1) is 15.3. The van der Waals surface area contributed by atoms with E-state index in [2.05, 4.69) is 34.7 Å². The summed E-state index contributed by atoms with van der Waals surface area (Å²) in [5.41, 5.74) is 0.497. The van der Waals surface area contributed by atoms with Crippen LogP contribution in [0.3, 0.4) is 0 Å². The molecule has 2 fully saturated rings. The third kappa shape index (κ3) is 3.40. The van der Waals surface area contributed by atoms with Crippen LogP contribution >= 0.6 is 0 Å². The highest BCUT2D eigenvalue weighted by Gasteiger charge is 2.30. The van der Waals surface area contributed by atoms with E-state index >= 15 is 0 Å². The van der Waals surface area contributed by atoms with Gasteiger partial charge in [-0.05, 0) is 38.8 Å². The zero-order valence-electron chi connectivity index (χ0n) is 13.4. The maximum Gasteiger partial charge on any atom is 0.142 e. The fraction of sp³-hybridized carbons (Fsp3) is 0.647. The molecule has 5 nitrogen and oxygen atoms in total. The average molecular weight is 300 g/mol. The number of hydrogen-bond donors (Lipinski definition) is 0. The van der Waals surface area contributed by atoms with Crippen LogP contribution in [0.2, 0.25) is 0 Å². The van der Waals surface area contributed by atoms with Gasteiger partial charge in [0.25, 0.3) is 0 Å². The smallest absolute Gasteiger partial charge is 0.142 e. The summed E-state index contributed by atoms with van der Waals surface area (Å²) in [6.45, 7) is 8.37. The van der Waals surface area contributed by atoms with Gasteiger partial charge in [-0.1, -0.05) is 6.07 Å². The Balaban J connectivity index is 1.69. The van der Waals surface area contributed by atoms with Crippen LogP contribution in [0.5, 0.6) is 0 Å². The fourth-order valence-electron chi connectivity index (χ4n) is 3.70. The van der Waals surface area contributed by atoms with E-state index in [1.807, 2.05) is 12.1 Å². The van der Waals surface area contributed by atoms with E-state index in [-0.39, 0.29) is 0 Å². The summed E-state index contributed by atoms with van der Waals surface area (Å²) in [7, 11) is 0. The van der Waals surface area contributed by atoms with E-state index in [1.54, 1.807) is 6.07 Å². The van der Waals surface area contributed by atoms with Crippen LogP contribution in [0.4, 0.5) is 5.82 Å². The molecule has 0 amide bonds. The Morgan fingerprint density at radius 3 is 2.82 bits per heavy atom. The Hall–Kier alpha value is -1.64. The van der Waals surface area contributed by atoms with Crippen molar-refractivity contribution < 1.29 is 4.74 Å². The second-order valence-corrected chi connectivity index (χ2v) is 6.46. The normalized spacial score (nSPS) is 29.5. The highest BCUT2D eigenvalue weighted by molar-refractivity contribution is 5.43. The molecule has 5 heteroatoms. The standard InChI is InChI=1S/C17H24N4O/c1-13-10-20(11-14(2)22-13)12-16-6-4-8-21(16)17-7-3-5-15(9-18)19-17/h3,5,7,13-14,16H,4,6,8,10-12H2,1-2H3/t13-,14-,16+/m1/s1. The molecule has 118 valence electrons. The van der Waals surface area contributed by atoms with Crippen LogP contribution in [-0.4, -0.2) is 54.3 Å². The van der Waals surface area contributed by atoms with Crippen molar-refractivity contribution in [1.29, 1.82) is 5.26 Å². The molecule has 1 aromatic rings. The molecular weight excluding hydrogens is 276 g/mol. The van der Waals surface area contributed by atoms with Crippen LogP contribution in [-0.2, 0) is 4.74 Å². The number of anilines is 1. The first-order valence-electron chi connectivity index (χ1n) is 8.17. The van der Waals surface area contributed by atoms with Gasteiger partial charge >= 0.3 is 0 Å². The van der Waals surface area contributed by atoms with E-state index in [0.717, 1.165) is 32.0 Å². The molecule has 0 spiro atoms. The van der Waals surface area contributed by atoms with Gasteiger partial charge in [0.15, 0.2) is 0 Å². The summed E-state index contributed by atoms with van der Waals surface area (Å²) in [5, 5.41) is 9.04. The largest absolute Gasteiger partial charge is 0.373 e. The number of nitriles is 1. The lowest BCUT2D eigenvalue weighted by atomic mass is 10.1. The molecule has 2 aliphatic rings. The minimum Gasteiger partial charge on any atom is -0.373 e. The van der Waals surface area contributed by atoms with Gasteiger partial charge in [0.2, 0.25) is 0 Å².